The highest BCUT2D eigenvalue weighted by Crippen LogP contribution is 2.23. The van der Waals surface area contributed by atoms with Crippen molar-refractivity contribution in [2.24, 2.45) is 5.73 Å². The fourth-order valence-corrected chi connectivity index (χ4v) is 2.90. The molecule has 8 heteroatoms. The Kier molecular flexibility index (Phi) is 3.90. The number of nitrogens with one attached hydrogen (secondary N) is 2. The van der Waals surface area contributed by atoms with Crippen molar-refractivity contribution in [3.8, 4) is 0 Å². The van der Waals surface area contributed by atoms with Gasteiger partial charge in [-0.3, -0.25) is 10.1 Å². The average molecular weight is 311 g/mol. The van der Waals surface area contributed by atoms with E-state index in [1.54, 1.807) is 0 Å². The molecular weight excluding hydrogens is 300 g/mol. The maximum atomic E-state index is 13.6. The highest BCUT2D eigenvalue weighted by atomic mass is 32.2. The number of hydrogen-bond acceptors (Lipinski definition) is 3. The summed E-state index contributed by atoms with van der Waals surface area (Å²) in [6.07, 6.45) is 0. The van der Waals surface area contributed by atoms with Crippen LogP contribution in [0.5, 0.6) is 0 Å². The number of benzene rings is 2. The fourth-order valence-electron chi connectivity index (χ4n) is 1.75. The number of nitrogen functional groups attached to an aromatic ring is 1. The van der Waals surface area contributed by atoms with E-state index in [0.717, 1.165) is 18.2 Å². The van der Waals surface area contributed by atoms with Crippen LogP contribution in [0.4, 0.5) is 14.5 Å². The first-order chi connectivity index (χ1) is 9.83. The molecule has 0 spiro atoms. The van der Waals surface area contributed by atoms with Crippen LogP contribution in [0.2, 0.25) is 0 Å². The first-order valence-corrected chi connectivity index (χ1v) is 7.21. The molecule has 0 amide bonds. The Labute approximate surface area is 120 Å². The minimum atomic E-state index is -4.26. The van der Waals surface area contributed by atoms with Gasteiger partial charge in [0.25, 0.3) is 10.0 Å². The van der Waals surface area contributed by atoms with Crippen molar-refractivity contribution in [3.05, 3.63) is 59.7 Å². The van der Waals surface area contributed by atoms with Crippen LogP contribution in [0, 0.1) is 17.0 Å². The molecule has 0 saturated carbocycles. The number of amidine groups is 1. The third kappa shape index (κ3) is 3.00. The van der Waals surface area contributed by atoms with E-state index in [0.29, 0.717) is 0 Å². The summed E-state index contributed by atoms with van der Waals surface area (Å²) < 4.78 is 53.5. The molecule has 0 saturated heterocycles. The van der Waals surface area contributed by atoms with E-state index in [9.17, 15) is 17.2 Å². The number of nitrogens with two attached hydrogens (primary N) is 1. The van der Waals surface area contributed by atoms with Crippen LogP contribution in [-0.4, -0.2) is 14.3 Å². The second-order valence-corrected chi connectivity index (χ2v) is 5.76. The minimum absolute atomic E-state index is 0.231. The van der Waals surface area contributed by atoms with Crippen molar-refractivity contribution >= 4 is 21.5 Å². The lowest BCUT2D eigenvalue weighted by atomic mass is 10.1. The molecule has 4 N–H and O–H groups in total. The maximum absolute atomic E-state index is 13.6. The molecule has 21 heavy (non-hydrogen) atoms. The Morgan fingerprint density at radius 3 is 2.29 bits per heavy atom. The summed E-state index contributed by atoms with van der Waals surface area (Å²) in [5.74, 6) is -2.43. The van der Waals surface area contributed by atoms with E-state index in [1.165, 1.54) is 24.3 Å². The van der Waals surface area contributed by atoms with Crippen molar-refractivity contribution < 1.29 is 17.2 Å². The van der Waals surface area contributed by atoms with Gasteiger partial charge in [-0.05, 0) is 24.3 Å². The highest BCUT2D eigenvalue weighted by Gasteiger charge is 2.21. The van der Waals surface area contributed by atoms with Gasteiger partial charge in [-0.25, -0.2) is 17.2 Å². The van der Waals surface area contributed by atoms with Gasteiger partial charge in [-0.15, -0.1) is 0 Å². The van der Waals surface area contributed by atoms with Gasteiger partial charge in [0.1, 0.15) is 22.4 Å². The molecule has 0 aliphatic rings. The van der Waals surface area contributed by atoms with Crippen molar-refractivity contribution in [2.45, 2.75) is 4.90 Å². The van der Waals surface area contributed by atoms with E-state index in [2.05, 4.69) is 0 Å². The zero-order chi connectivity index (χ0) is 15.6. The van der Waals surface area contributed by atoms with Crippen LogP contribution in [0.1, 0.15) is 5.56 Å². The molecule has 0 aliphatic heterocycles. The lowest BCUT2D eigenvalue weighted by molar-refractivity contribution is 0.570. The predicted molar refractivity (Wildman–Crippen MR) is 74.6 cm³/mol. The van der Waals surface area contributed by atoms with E-state index in [1.807, 2.05) is 4.72 Å². The minimum Gasteiger partial charge on any atom is -0.384 e. The number of anilines is 1. The largest absolute Gasteiger partial charge is 0.384 e. The van der Waals surface area contributed by atoms with Gasteiger partial charge in [0.15, 0.2) is 0 Å². The van der Waals surface area contributed by atoms with Crippen LogP contribution < -0.4 is 10.5 Å². The van der Waals surface area contributed by atoms with Gasteiger partial charge in [0, 0.05) is 0 Å². The number of sulfonamides is 1. The maximum Gasteiger partial charge on any atom is 0.264 e. The van der Waals surface area contributed by atoms with Gasteiger partial charge in [0.2, 0.25) is 0 Å². The summed E-state index contributed by atoms with van der Waals surface area (Å²) >= 11 is 0. The van der Waals surface area contributed by atoms with Crippen LogP contribution in [0.3, 0.4) is 0 Å². The second-order valence-electron chi connectivity index (χ2n) is 4.11. The molecule has 0 aromatic heterocycles. The van der Waals surface area contributed by atoms with Crippen LogP contribution >= 0.6 is 0 Å². The normalized spacial score (nSPS) is 11.1. The van der Waals surface area contributed by atoms with Gasteiger partial charge >= 0.3 is 0 Å². The zero-order valence-electron chi connectivity index (χ0n) is 10.6. The topological polar surface area (TPSA) is 96.0 Å². The first kappa shape index (κ1) is 14.9. The van der Waals surface area contributed by atoms with E-state index < -0.39 is 38.0 Å². The SMILES string of the molecule is N=C(N)c1c(F)cccc1NS(=O)(=O)c1ccccc1F. The molecule has 0 bridgehead atoms. The van der Waals surface area contributed by atoms with Crippen molar-refractivity contribution in [3.63, 3.8) is 0 Å². The van der Waals surface area contributed by atoms with Crippen molar-refractivity contribution in [1.29, 1.82) is 5.41 Å². The Morgan fingerprint density at radius 1 is 1.05 bits per heavy atom. The fraction of sp³-hybridized carbons (Fsp3) is 0. The standard InChI is InChI=1S/C13H11F2N3O2S/c14-8-4-1-2-7-11(8)21(19,20)18-10-6-3-5-9(15)12(10)13(16)17/h1-7,18H,(H3,16,17). The quantitative estimate of drug-likeness (QED) is 0.595. The summed E-state index contributed by atoms with van der Waals surface area (Å²) in [5, 5.41) is 7.30. The monoisotopic (exact) mass is 311 g/mol. The molecule has 0 radical (unpaired) electrons. The van der Waals surface area contributed by atoms with E-state index in [4.69, 9.17) is 11.1 Å². The lowest BCUT2D eigenvalue weighted by Gasteiger charge is -2.12. The molecule has 110 valence electrons. The Hall–Kier alpha value is -2.48. The zero-order valence-corrected chi connectivity index (χ0v) is 11.4. The molecule has 0 heterocycles. The summed E-state index contributed by atoms with van der Waals surface area (Å²) in [6.45, 7) is 0. The van der Waals surface area contributed by atoms with Gasteiger partial charge < -0.3 is 5.73 Å². The highest BCUT2D eigenvalue weighted by molar-refractivity contribution is 7.92. The summed E-state index contributed by atoms with van der Waals surface area (Å²) in [7, 11) is -4.26. The second kappa shape index (κ2) is 5.49. The molecule has 5 nitrogen and oxygen atoms in total. The molecule has 2 rings (SSSR count). The Morgan fingerprint density at radius 2 is 1.67 bits per heavy atom. The van der Waals surface area contributed by atoms with Crippen molar-refractivity contribution in [2.75, 3.05) is 4.72 Å². The van der Waals surface area contributed by atoms with Crippen LogP contribution in [-0.2, 0) is 10.0 Å². The smallest absolute Gasteiger partial charge is 0.264 e. The first-order valence-electron chi connectivity index (χ1n) is 5.73. The van der Waals surface area contributed by atoms with Crippen LogP contribution in [0.25, 0.3) is 0 Å². The number of halogens is 2. The third-order valence-electron chi connectivity index (χ3n) is 2.65. The number of rotatable bonds is 4. The van der Waals surface area contributed by atoms with Gasteiger partial charge in [-0.1, -0.05) is 18.2 Å². The van der Waals surface area contributed by atoms with Gasteiger partial charge in [-0.2, -0.15) is 0 Å². The molecule has 0 aliphatic carbocycles. The lowest BCUT2D eigenvalue weighted by Crippen LogP contribution is -2.20. The van der Waals surface area contributed by atoms with E-state index in [-0.39, 0.29) is 5.69 Å². The summed E-state index contributed by atoms with van der Waals surface area (Å²) in [5.41, 5.74) is 4.62. The Balaban J connectivity index is 2.50. The summed E-state index contributed by atoms with van der Waals surface area (Å²) in [6, 6.07) is 8.29. The molecule has 0 atom stereocenters. The number of hydrogen-bond donors (Lipinski definition) is 3. The summed E-state index contributed by atoms with van der Waals surface area (Å²) in [4.78, 5) is -0.580. The van der Waals surface area contributed by atoms with Crippen molar-refractivity contribution in [1.82, 2.24) is 0 Å². The van der Waals surface area contributed by atoms with Gasteiger partial charge in [0.05, 0.1) is 11.3 Å². The predicted octanol–water partition coefficient (Wildman–Crippen LogP) is 2.05. The third-order valence-corrected chi connectivity index (χ3v) is 4.05. The molecule has 0 fully saturated rings. The molecule has 0 unspecified atom stereocenters. The van der Waals surface area contributed by atoms with Crippen LogP contribution in [0.15, 0.2) is 47.4 Å². The molecule has 2 aromatic carbocycles. The van der Waals surface area contributed by atoms with E-state index >= 15 is 0 Å². The Bertz CT molecular complexity index is 807. The molecular formula is C13H11F2N3O2S. The average Bonchev–Trinajstić information content (AvgIpc) is 2.38. The molecule has 2 aromatic rings.